The number of ether oxygens (including phenoxy) is 2. The fourth-order valence-corrected chi connectivity index (χ4v) is 1.98. The minimum Gasteiger partial charge on any atom is -0.467 e. The van der Waals surface area contributed by atoms with E-state index < -0.39 is 23.7 Å². The molecule has 1 amide bonds. The molecule has 1 saturated heterocycles. The summed E-state index contributed by atoms with van der Waals surface area (Å²) in [5, 5.41) is 0. The molecule has 2 N–H and O–H groups in total. The molecule has 0 unspecified atom stereocenters. The second-order valence-electron chi connectivity index (χ2n) is 5.51. The zero-order valence-corrected chi connectivity index (χ0v) is 11.4. The Morgan fingerprint density at radius 3 is 2.44 bits per heavy atom. The van der Waals surface area contributed by atoms with Crippen LogP contribution in [-0.2, 0) is 14.3 Å². The Balaban J connectivity index is 2.77. The van der Waals surface area contributed by atoms with Gasteiger partial charge in [0.05, 0.1) is 7.11 Å². The second kappa shape index (κ2) is 5.56. The first-order valence-electron chi connectivity index (χ1n) is 6.06. The molecule has 18 heavy (non-hydrogen) atoms. The van der Waals surface area contributed by atoms with E-state index in [1.54, 1.807) is 20.8 Å². The fraction of sp³-hybridized carbons (Fsp3) is 0.833. The minimum atomic E-state index is -0.585. The molecule has 104 valence electrons. The number of rotatable bonds is 2. The summed E-state index contributed by atoms with van der Waals surface area (Å²) in [5.74, 6) is -0.307. The van der Waals surface area contributed by atoms with Crippen molar-refractivity contribution in [2.24, 2.45) is 11.7 Å². The van der Waals surface area contributed by atoms with E-state index in [0.717, 1.165) is 0 Å². The van der Waals surface area contributed by atoms with Gasteiger partial charge in [-0.15, -0.1) is 0 Å². The molecule has 1 fully saturated rings. The van der Waals surface area contributed by atoms with E-state index in [-0.39, 0.29) is 5.92 Å². The lowest BCUT2D eigenvalue weighted by atomic mass is 10.1. The standard InChI is InChI=1S/C12H22N2O4/c1-12(2,3)18-11(16)14-7-8(6-13)5-9(14)10(15)17-4/h8-9H,5-7,13H2,1-4H3/t8-,9+/m0/s1. The van der Waals surface area contributed by atoms with Crippen LogP contribution < -0.4 is 5.73 Å². The molecule has 0 aromatic heterocycles. The Kier molecular flexibility index (Phi) is 4.56. The maximum atomic E-state index is 12.0. The zero-order chi connectivity index (χ0) is 13.9. The average molecular weight is 258 g/mol. The van der Waals surface area contributed by atoms with E-state index >= 15 is 0 Å². The van der Waals surface area contributed by atoms with Crippen molar-refractivity contribution in [2.45, 2.75) is 38.8 Å². The van der Waals surface area contributed by atoms with Crippen LogP contribution in [0.5, 0.6) is 0 Å². The summed E-state index contributed by atoms with van der Waals surface area (Å²) >= 11 is 0. The number of methoxy groups -OCH3 is 1. The van der Waals surface area contributed by atoms with Gasteiger partial charge in [0.2, 0.25) is 0 Å². The number of carbonyl (C=O) groups is 2. The molecule has 1 aliphatic rings. The van der Waals surface area contributed by atoms with E-state index in [9.17, 15) is 9.59 Å². The van der Waals surface area contributed by atoms with E-state index in [0.29, 0.717) is 19.5 Å². The number of amides is 1. The van der Waals surface area contributed by atoms with Crippen LogP contribution in [0, 0.1) is 5.92 Å². The quantitative estimate of drug-likeness (QED) is 0.739. The van der Waals surface area contributed by atoms with E-state index in [2.05, 4.69) is 0 Å². The molecule has 0 bridgehead atoms. The van der Waals surface area contributed by atoms with Gasteiger partial charge in [-0.3, -0.25) is 4.90 Å². The van der Waals surface area contributed by atoms with E-state index in [1.807, 2.05) is 0 Å². The Morgan fingerprint density at radius 2 is 2.00 bits per heavy atom. The average Bonchev–Trinajstić information content (AvgIpc) is 2.69. The van der Waals surface area contributed by atoms with Gasteiger partial charge < -0.3 is 15.2 Å². The van der Waals surface area contributed by atoms with Crippen molar-refractivity contribution in [3.05, 3.63) is 0 Å². The van der Waals surface area contributed by atoms with Gasteiger partial charge in [-0.1, -0.05) is 0 Å². The maximum Gasteiger partial charge on any atom is 0.411 e. The van der Waals surface area contributed by atoms with Gasteiger partial charge in [-0.05, 0) is 39.7 Å². The number of hydrogen-bond acceptors (Lipinski definition) is 5. The van der Waals surface area contributed by atoms with Gasteiger partial charge in [0, 0.05) is 6.54 Å². The van der Waals surface area contributed by atoms with Crippen LogP contribution >= 0.6 is 0 Å². The molecule has 6 heteroatoms. The predicted molar refractivity (Wildman–Crippen MR) is 65.9 cm³/mol. The summed E-state index contributed by atoms with van der Waals surface area (Å²) in [4.78, 5) is 25.1. The Labute approximate surface area is 107 Å². The van der Waals surface area contributed by atoms with Crippen LogP contribution in [-0.4, -0.2) is 48.8 Å². The molecule has 0 aliphatic carbocycles. The van der Waals surface area contributed by atoms with Crippen LogP contribution in [0.3, 0.4) is 0 Å². The highest BCUT2D eigenvalue weighted by molar-refractivity contribution is 5.82. The van der Waals surface area contributed by atoms with Crippen molar-refractivity contribution in [1.29, 1.82) is 0 Å². The zero-order valence-electron chi connectivity index (χ0n) is 11.4. The van der Waals surface area contributed by atoms with Gasteiger partial charge in [0.25, 0.3) is 0 Å². The maximum absolute atomic E-state index is 12.0. The van der Waals surface area contributed by atoms with Crippen molar-refractivity contribution in [3.8, 4) is 0 Å². The summed E-state index contributed by atoms with van der Waals surface area (Å²) in [5.41, 5.74) is 5.01. The summed E-state index contributed by atoms with van der Waals surface area (Å²) < 4.78 is 9.99. The molecule has 0 aromatic rings. The first-order chi connectivity index (χ1) is 8.28. The second-order valence-corrected chi connectivity index (χ2v) is 5.51. The molecule has 1 heterocycles. The first kappa shape index (κ1) is 14.8. The van der Waals surface area contributed by atoms with Crippen molar-refractivity contribution < 1.29 is 19.1 Å². The highest BCUT2D eigenvalue weighted by Gasteiger charge is 2.41. The number of carbonyl (C=O) groups excluding carboxylic acids is 2. The normalized spacial score (nSPS) is 23.9. The van der Waals surface area contributed by atoms with Gasteiger partial charge >= 0.3 is 12.1 Å². The summed E-state index contributed by atoms with van der Waals surface area (Å²) in [6, 6.07) is -0.585. The summed E-state index contributed by atoms with van der Waals surface area (Å²) in [7, 11) is 1.31. The van der Waals surface area contributed by atoms with Crippen LogP contribution in [0.1, 0.15) is 27.2 Å². The Bertz CT molecular complexity index is 325. The molecule has 0 aromatic carbocycles. The lowest BCUT2D eigenvalue weighted by Crippen LogP contribution is -2.43. The number of hydrogen-bond donors (Lipinski definition) is 1. The Morgan fingerprint density at radius 1 is 1.39 bits per heavy atom. The third kappa shape index (κ3) is 3.60. The highest BCUT2D eigenvalue weighted by atomic mass is 16.6. The lowest BCUT2D eigenvalue weighted by Gasteiger charge is -2.27. The topological polar surface area (TPSA) is 81.9 Å². The van der Waals surface area contributed by atoms with Crippen LogP contribution in [0.25, 0.3) is 0 Å². The predicted octanol–water partition coefficient (Wildman–Crippen LogP) is 0.744. The third-order valence-corrected chi connectivity index (χ3v) is 2.82. The highest BCUT2D eigenvalue weighted by Crippen LogP contribution is 2.25. The summed E-state index contributed by atoms with van der Waals surface area (Å²) in [6.07, 6.45) is 0.0384. The molecule has 0 spiro atoms. The first-order valence-corrected chi connectivity index (χ1v) is 6.06. The van der Waals surface area contributed by atoms with E-state index in [4.69, 9.17) is 15.2 Å². The molecule has 1 rings (SSSR count). The van der Waals surface area contributed by atoms with Gasteiger partial charge in [-0.2, -0.15) is 0 Å². The van der Waals surface area contributed by atoms with Gasteiger partial charge in [-0.25, -0.2) is 9.59 Å². The molecule has 0 saturated carbocycles. The number of likely N-dealkylation sites (tertiary alicyclic amines) is 1. The molecule has 0 radical (unpaired) electrons. The van der Waals surface area contributed by atoms with E-state index in [1.165, 1.54) is 12.0 Å². The van der Waals surface area contributed by atoms with Crippen LogP contribution in [0.2, 0.25) is 0 Å². The van der Waals surface area contributed by atoms with Crippen molar-refractivity contribution in [2.75, 3.05) is 20.2 Å². The summed E-state index contributed by atoms with van der Waals surface area (Å²) in [6.45, 7) is 6.23. The Hall–Kier alpha value is -1.30. The van der Waals surface area contributed by atoms with Crippen LogP contribution in [0.4, 0.5) is 4.79 Å². The van der Waals surface area contributed by atoms with Crippen LogP contribution in [0.15, 0.2) is 0 Å². The van der Waals surface area contributed by atoms with Crippen molar-refractivity contribution >= 4 is 12.1 Å². The van der Waals surface area contributed by atoms with Crippen molar-refractivity contribution in [3.63, 3.8) is 0 Å². The molecule has 6 nitrogen and oxygen atoms in total. The number of esters is 1. The number of nitrogens with two attached hydrogens (primary N) is 1. The lowest BCUT2D eigenvalue weighted by molar-refractivity contribution is -0.145. The molecule has 2 atom stereocenters. The SMILES string of the molecule is COC(=O)[C@H]1C[C@@H](CN)CN1C(=O)OC(C)(C)C. The molecule has 1 aliphatic heterocycles. The molecular formula is C12H22N2O4. The largest absolute Gasteiger partial charge is 0.467 e. The smallest absolute Gasteiger partial charge is 0.411 e. The van der Waals surface area contributed by atoms with Gasteiger partial charge in [0.1, 0.15) is 11.6 Å². The van der Waals surface area contributed by atoms with Gasteiger partial charge in [0.15, 0.2) is 0 Å². The molecular weight excluding hydrogens is 236 g/mol. The number of nitrogens with zero attached hydrogens (tertiary/aromatic N) is 1. The fourth-order valence-electron chi connectivity index (χ4n) is 1.98. The van der Waals surface area contributed by atoms with Crippen molar-refractivity contribution in [1.82, 2.24) is 4.90 Å². The minimum absolute atomic E-state index is 0.113. The third-order valence-electron chi connectivity index (χ3n) is 2.82. The monoisotopic (exact) mass is 258 g/mol.